The molecule has 0 fully saturated rings. The van der Waals surface area contributed by atoms with Gasteiger partial charge in [0.25, 0.3) is 0 Å². The number of hydrogen-bond acceptors (Lipinski definition) is 3. The van der Waals surface area contributed by atoms with Crippen molar-refractivity contribution in [1.29, 1.82) is 0 Å². The topological polar surface area (TPSA) is 27.7 Å². The highest BCUT2D eigenvalue weighted by Gasteiger charge is 2.71. The first-order valence-corrected chi connectivity index (χ1v) is 9.16. The first-order chi connectivity index (χ1) is 13.8. The van der Waals surface area contributed by atoms with Gasteiger partial charge in [-0.3, -0.25) is 0 Å². The van der Waals surface area contributed by atoms with E-state index in [-0.39, 0.29) is 12.2 Å². The number of halogens is 7. The van der Waals surface area contributed by atoms with Gasteiger partial charge < -0.3 is 14.2 Å². The van der Waals surface area contributed by atoms with E-state index in [0.717, 1.165) is 6.08 Å². The second-order valence-electron chi connectivity index (χ2n) is 7.81. The number of rotatable bonds is 15. The SMILES string of the molecule is C=CC(=C)CCC(F)OC(C)(C)C(F)(F)C(F)(F)OC(C)(C)C(F)(F)COC(=C)C=C. The van der Waals surface area contributed by atoms with Crippen LogP contribution >= 0.6 is 0 Å². The Morgan fingerprint density at radius 2 is 1.42 bits per heavy atom. The standard InChI is InChI=1S/C21H29F7O3/c1-9-14(3)11-12-16(22)30-18(7,8)20(25,26)21(27,28)31-17(5,6)19(23,24)13-29-15(4)10-2/h9-10,16H,1-4,11-13H2,5-8H3. The van der Waals surface area contributed by atoms with Gasteiger partial charge in [-0.1, -0.05) is 38.0 Å². The zero-order valence-electron chi connectivity index (χ0n) is 18.1. The fraction of sp³-hybridized carbons (Fsp3) is 0.619. The molecule has 0 aliphatic rings. The van der Waals surface area contributed by atoms with E-state index >= 15 is 0 Å². The Labute approximate surface area is 178 Å². The van der Waals surface area contributed by atoms with Crippen molar-refractivity contribution >= 4 is 0 Å². The summed E-state index contributed by atoms with van der Waals surface area (Å²) < 4.78 is 114. The highest BCUT2D eigenvalue weighted by molar-refractivity contribution is 5.10. The summed E-state index contributed by atoms with van der Waals surface area (Å²) in [5.41, 5.74) is -5.85. The molecule has 0 amide bonds. The maximum atomic E-state index is 14.6. The van der Waals surface area contributed by atoms with Crippen LogP contribution in [0.4, 0.5) is 30.7 Å². The average molecular weight is 462 g/mol. The molecular formula is C21H29F7O3. The largest absolute Gasteiger partial charge is 0.488 e. The smallest absolute Gasteiger partial charge is 0.423 e. The lowest BCUT2D eigenvalue weighted by Gasteiger charge is -2.43. The number of alkyl halides is 7. The van der Waals surface area contributed by atoms with E-state index in [1.54, 1.807) is 0 Å². The summed E-state index contributed by atoms with van der Waals surface area (Å²) in [6, 6.07) is 0. The van der Waals surface area contributed by atoms with Crippen LogP contribution in [0, 0.1) is 0 Å². The van der Waals surface area contributed by atoms with Crippen molar-refractivity contribution in [2.24, 2.45) is 0 Å². The van der Waals surface area contributed by atoms with Crippen molar-refractivity contribution in [3.63, 3.8) is 0 Å². The summed E-state index contributed by atoms with van der Waals surface area (Å²) in [4.78, 5) is 0. The lowest BCUT2D eigenvalue weighted by Crippen LogP contribution is -2.63. The molecule has 10 heteroatoms. The lowest BCUT2D eigenvalue weighted by molar-refractivity contribution is -0.432. The van der Waals surface area contributed by atoms with Crippen LogP contribution in [-0.2, 0) is 14.2 Å². The first-order valence-electron chi connectivity index (χ1n) is 9.16. The first kappa shape index (κ1) is 29.2. The molecule has 31 heavy (non-hydrogen) atoms. The van der Waals surface area contributed by atoms with Crippen molar-refractivity contribution in [1.82, 2.24) is 0 Å². The molecule has 3 nitrogen and oxygen atoms in total. The van der Waals surface area contributed by atoms with Gasteiger partial charge >= 0.3 is 18.0 Å². The van der Waals surface area contributed by atoms with E-state index in [2.05, 4.69) is 40.5 Å². The summed E-state index contributed by atoms with van der Waals surface area (Å²) in [5.74, 6) is -9.62. The van der Waals surface area contributed by atoms with Crippen LogP contribution in [0.5, 0.6) is 0 Å². The predicted octanol–water partition coefficient (Wildman–Crippen LogP) is 6.97. The van der Waals surface area contributed by atoms with Gasteiger partial charge in [0.15, 0.2) is 13.0 Å². The second kappa shape index (κ2) is 10.2. The summed E-state index contributed by atoms with van der Waals surface area (Å²) in [7, 11) is 0. The fourth-order valence-electron chi connectivity index (χ4n) is 2.08. The molecule has 0 aromatic carbocycles. The predicted molar refractivity (Wildman–Crippen MR) is 104 cm³/mol. The van der Waals surface area contributed by atoms with Gasteiger partial charge in [-0.2, -0.15) is 26.3 Å². The molecule has 0 aliphatic carbocycles. The van der Waals surface area contributed by atoms with Crippen molar-refractivity contribution in [2.45, 2.75) is 76.1 Å². The minimum absolute atomic E-state index is 0.0194. The van der Waals surface area contributed by atoms with Crippen LogP contribution in [0.2, 0.25) is 0 Å². The lowest BCUT2D eigenvalue weighted by atomic mass is 9.96. The fourth-order valence-corrected chi connectivity index (χ4v) is 2.08. The van der Waals surface area contributed by atoms with Crippen molar-refractivity contribution < 1.29 is 44.9 Å². The van der Waals surface area contributed by atoms with E-state index in [9.17, 15) is 30.7 Å². The zero-order valence-corrected chi connectivity index (χ0v) is 18.1. The quantitative estimate of drug-likeness (QED) is 0.149. The molecule has 0 rings (SSSR count). The molecule has 1 atom stereocenters. The summed E-state index contributed by atoms with van der Waals surface area (Å²) >= 11 is 0. The van der Waals surface area contributed by atoms with Crippen molar-refractivity contribution in [3.05, 3.63) is 49.8 Å². The van der Waals surface area contributed by atoms with Crippen LogP contribution < -0.4 is 0 Å². The molecular weight excluding hydrogens is 433 g/mol. The van der Waals surface area contributed by atoms with Crippen LogP contribution in [0.25, 0.3) is 0 Å². The molecule has 0 heterocycles. The third-order valence-corrected chi connectivity index (χ3v) is 4.46. The number of hydrogen-bond donors (Lipinski definition) is 0. The summed E-state index contributed by atoms with van der Waals surface area (Å²) in [6.07, 6.45) is -5.99. The molecule has 0 saturated carbocycles. The van der Waals surface area contributed by atoms with Crippen LogP contribution in [0.15, 0.2) is 49.8 Å². The summed E-state index contributed by atoms with van der Waals surface area (Å²) in [6.45, 7) is 13.8. The monoisotopic (exact) mass is 462 g/mol. The Bertz CT molecular complexity index is 670. The minimum Gasteiger partial charge on any atom is -0.488 e. The van der Waals surface area contributed by atoms with Crippen molar-refractivity contribution in [3.8, 4) is 0 Å². The Morgan fingerprint density at radius 1 is 0.903 bits per heavy atom. The Hall–Kier alpha value is -1.81. The third kappa shape index (κ3) is 7.38. The number of ether oxygens (including phenoxy) is 3. The van der Waals surface area contributed by atoms with E-state index in [1.807, 2.05) is 0 Å². The van der Waals surface area contributed by atoms with E-state index in [1.165, 1.54) is 6.08 Å². The minimum atomic E-state index is -5.46. The molecule has 0 aromatic rings. The molecule has 0 radical (unpaired) electrons. The molecule has 0 spiro atoms. The summed E-state index contributed by atoms with van der Waals surface area (Å²) in [5, 5.41) is 0. The Morgan fingerprint density at radius 3 is 1.87 bits per heavy atom. The van der Waals surface area contributed by atoms with E-state index in [0.29, 0.717) is 33.3 Å². The van der Waals surface area contributed by atoms with Gasteiger partial charge in [0.2, 0.25) is 0 Å². The van der Waals surface area contributed by atoms with Gasteiger partial charge in [-0.05, 0) is 40.2 Å². The molecule has 1 unspecified atom stereocenters. The van der Waals surface area contributed by atoms with Gasteiger partial charge in [-0.15, -0.1) is 0 Å². The highest BCUT2D eigenvalue weighted by atomic mass is 19.3. The maximum absolute atomic E-state index is 14.6. The molecule has 0 aliphatic heterocycles. The van der Waals surface area contributed by atoms with Crippen LogP contribution in [0.1, 0.15) is 40.5 Å². The van der Waals surface area contributed by atoms with Crippen LogP contribution in [-0.4, -0.2) is 42.1 Å². The maximum Gasteiger partial charge on any atom is 0.423 e. The second-order valence-corrected chi connectivity index (χ2v) is 7.81. The highest BCUT2D eigenvalue weighted by Crippen LogP contribution is 2.49. The third-order valence-electron chi connectivity index (χ3n) is 4.46. The molecule has 0 saturated heterocycles. The Balaban J connectivity index is 5.50. The van der Waals surface area contributed by atoms with Gasteiger partial charge in [-0.25, -0.2) is 4.39 Å². The average Bonchev–Trinajstić information content (AvgIpc) is 2.62. The Kier molecular flexibility index (Phi) is 9.61. The van der Waals surface area contributed by atoms with Gasteiger partial charge in [0, 0.05) is 6.42 Å². The zero-order chi connectivity index (χ0) is 24.9. The molecule has 0 bridgehead atoms. The van der Waals surface area contributed by atoms with Gasteiger partial charge in [0.05, 0.1) is 0 Å². The molecule has 180 valence electrons. The molecule has 0 N–H and O–H groups in total. The van der Waals surface area contributed by atoms with E-state index in [4.69, 9.17) is 0 Å². The normalized spacial score (nSPS) is 14.7. The molecule has 0 aromatic heterocycles. The van der Waals surface area contributed by atoms with Gasteiger partial charge in [0.1, 0.15) is 17.0 Å². The van der Waals surface area contributed by atoms with Crippen molar-refractivity contribution in [2.75, 3.05) is 6.61 Å². The number of allylic oxidation sites excluding steroid dienone is 3. The van der Waals surface area contributed by atoms with Crippen LogP contribution in [0.3, 0.4) is 0 Å². The van der Waals surface area contributed by atoms with E-state index < -0.39 is 48.5 Å².